The van der Waals surface area contributed by atoms with Crippen molar-refractivity contribution in [1.82, 2.24) is 15.1 Å². The molecular formula is C16H21F2N3. The van der Waals surface area contributed by atoms with Gasteiger partial charge in [-0.2, -0.15) is 5.10 Å². The van der Waals surface area contributed by atoms with Gasteiger partial charge >= 0.3 is 0 Å². The predicted octanol–water partition coefficient (Wildman–Crippen LogP) is 3.07. The van der Waals surface area contributed by atoms with Crippen LogP contribution >= 0.6 is 0 Å². The van der Waals surface area contributed by atoms with Crippen LogP contribution in [0.3, 0.4) is 0 Å². The van der Waals surface area contributed by atoms with Gasteiger partial charge in [0.05, 0.1) is 5.69 Å². The maximum absolute atomic E-state index is 14.3. The fraction of sp³-hybridized carbons (Fsp3) is 0.438. The summed E-state index contributed by atoms with van der Waals surface area (Å²) in [5.74, 6) is -0.998. The largest absolute Gasteiger partial charge is 0.312 e. The molecule has 0 amide bonds. The van der Waals surface area contributed by atoms with Gasteiger partial charge in [-0.05, 0) is 38.1 Å². The van der Waals surface area contributed by atoms with Crippen molar-refractivity contribution in [2.45, 2.75) is 32.7 Å². The van der Waals surface area contributed by atoms with Gasteiger partial charge in [0, 0.05) is 30.8 Å². The number of hydrogen-bond donors (Lipinski definition) is 1. The highest BCUT2D eigenvalue weighted by atomic mass is 19.1. The molecule has 0 saturated carbocycles. The molecule has 0 bridgehead atoms. The smallest absolute Gasteiger partial charge is 0.133 e. The number of aromatic nitrogens is 2. The van der Waals surface area contributed by atoms with E-state index < -0.39 is 17.7 Å². The maximum Gasteiger partial charge on any atom is 0.133 e. The third-order valence-corrected chi connectivity index (χ3v) is 3.82. The third kappa shape index (κ3) is 3.13. The third-order valence-electron chi connectivity index (χ3n) is 3.82. The zero-order valence-electron chi connectivity index (χ0n) is 12.9. The summed E-state index contributed by atoms with van der Waals surface area (Å²) in [6.45, 7) is 3.67. The van der Waals surface area contributed by atoms with Crippen LogP contribution in [-0.4, -0.2) is 16.8 Å². The van der Waals surface area contributed by atoms with E-state index in [1.54, 1.807) is 18.7 Å². The second-order valence-electron chi connectivity index (χ2n) is 5.24. The van der Waals surface area contributed by atoms with Gasteiger partial charge in [0.25, 0.3) is 0 Å². The number of aryl methyl sites for hydroxylation is 3. The highest BCUT2D eigenvalue weighted by molar-refractivity contribution is 5.30. The van der Waals surface area contributed by atoms with Crippen molar-refractivity contribution in [1.29, 1.82) is 0 Å². The van der Waals surface area contributed by atoms with E-state index in [1.807, 2.05) is 20.0 Å². The molecule has 1 aromatic carbocycles. The minimum absolute atomic E-state index is 0.0942. The molecule has 3 nitrogen and oxygen atoms in total. The van der Waals surface area contributed by atoms with E-state index in [9.17, 15) is 8.78 Å². The Morgan fingerprint density at radius 3 is 2.62 bits per heavy atom. The lowest BCUT2D eigenvalue weighted by Crippen LogP contribution is -2.23. The maximum atomic E-state index is 14.3. The summed E-state index contributed by atoms with van der Waals surface area (Å²) in [6, 6.07) is 4.33. The molecule has 0 aliphatic heterocycles. The van der Waals surface area contributed by atoms with Crippen molar-refractivity contribution >= 4 is 0 Å². The molecule has 1 N–H and O–H groups in total. The van der Waals surface area contributed by atoms with Crippen LogP contribution in [0, 0.1) is 18.6 Å². The Morgan fingerprint density at radius 1 is 1.33 bits per heavy atom. The summed E-state index contributed by atoms with van der Waals surface area (Å²) in [5.41, 5.74) is 2.47. The van der Waals surface area contributed by atoms with Crippen molar-refractivity contribution in [3.63, 3.8) is 0 Å². The average molecular weight is 293 g/mol. The minimum Gasteiger partial charge on any atom is -0.312 e. The second kappa shape index (κ2) is 6.35. The Labute approximate surface area is 124 Å². The van der Waals surface area contributed by atoms with Crippen molar-refractivity contribution in [3.8, 4) is 0 Å². The topological polar surface area (TPSA) is 29.9 Å². The molecule has 1 unspecified atom stereocenters. The summed E-state index contributed by atoms with van der Waals surface area (Å²) in [5, 5.41) is 7.38. The van der Waals surface area contributed by atoms with Crippen LogP contribution in [0.1, 0.15) is 35.5 Å². The number of nitrogens with zero attached hydrogens (tertiary/aromatic N) is 2. The van der Waals surface area contributed by atoms with E-state index in [0.717, 1.165) is 17.8 Å². The molecule has 2 aromatic rings. The molecule has 114 valence electrons. The fourth-order valence-electron chi connectivity index (χ4n) is 2.49. The Balaban J connectivity index is 2.36. The van der Waals surface area contributed by atoms with E-state index >= 15 is 0 Å². The lowest BCUT2D eigenvalue weighted by atomic mass is 9.98. The molecule has 1 heterocycles. The minimum atomic E-state index is -0.518. The Kier molecular flexibility index (Phi) is 4.73. The molecule has 5 heteroatoms. The predicted molar refractivity (Wildman–Crippen MR) is 79.2 cm³/mol. The number of nitrogens with one attached hydrogen (secondary N) is 1. The van der Waals surface area contributed by atoms with Crippen LogP contribution in [0.5, 0.6) is 0 Å². The van der Waals surface area contributed by atoms with Gasteiger partial charge in [-0.1, -0.05) is 13.0 Å². The van der Waals surface area contributed by atoms with Crippen LogP contribution < -0.4 is 5.32 Å². The highest BCUT2D eigenvalue weighted by Crippen LogP contribution is 2.26. The van der Waals surface area contributed by atoms with Gasteiger partial charge in [-0.15, -0.1) is 0 Å². The van der Waals surface area contributed by atoms with Crippen LogP contribution in [0.2, 0.25) is 0 Å². The first kappa shape index (κ1) is 15.6. The van der Waals surface area contributed by atoms with Crippen molar-refractivity contribution in [2.24, 2.45) is 7.05 Å². The monoisotopic (exact) mass is 293 g/mol. The zero-order chi connectivity index (χ0) is 15.6. The molecule has 0 aliphatic carbocycles. The molecule has 21 heavy (non-hydrogen) atoms. The van der Waals surface area contributed by atoms with Gasteiger partial charge in [-0.3, -0.25) is 4.68 Å². The van der Waals surface area contributed by atoms with Crippen LogP contribution in [0.4, 0.5) is 8.78 Å². The summed E-state index contributed by atoms with van der Waals surface area (Å²) in [7, 11) is 3.56. The van der Waals surface area contributed by atoms with E-state index in [2.05, 4.69) is 10.4 Å². The van der Waals surface area contributed by atoms with Crippen molar-refractivity contribution in [3.05, 3.63) is 52.3 Å². The van der Waals surface area contributed by atoms with E-state index in [1.165, 1.54) is 12.1 Å². The van der Waals surface area contributed by atoms with Gasteiger partial charge in [0.15, 0.2) is 0 Å². The average Bonchev–Trinajstić information content (AvgIpc) is 2.82. The molecule has 0 fully saturated rings. The fourth-order valence-corrected chi connectivity index (χ4v) is 2.49. The highest BCUT2D eigenvalue weighted by Gasteiger charge is 2.22. The molecule has 2 rings (SSSR count). The Hall–Kier alpha value is -1.75. The number of likely N-dealkylation sites (N-methyl/N-ethyl adjacent to an activating group) is 1. The zero-order valence-corrected chi connectivity index (χ0v) is 12.9. The van der Waals surface area contributed by atoms with Gasteiger partial charge in [0.2, 0.25) is 0 Å². The summed E-state index contributed by atoms with van der Waals surface area (Å²) in [4.78, 5) is 0. The summed E-state index contributed by atoms with van der Waals surface area (Å²) in [6.07, 6.45) is 1.32. The molecule has 1 atom stereocenters. The van der Waals surface area contributed by atoms with Gasteiger partial charge in [-0.25, -0.2) is 8.78 Å². The lowest BCUT2D eigenvalue weighted by molar-refractivity contribution is 0.478. The molecule has 0 aliphatic rings. The summed E-state index contributed by atoms with van der Waals surface area (Å²) < 4.78 is 30.1. The van der Waals surface area contributed by atoms with Crippen molar-refractivity contribution in [2.75, 3.05) is 7.05 Å². The Morgan fingerprint density at radius 2 is 2.05 bits per heavy atom. The number of benzene rings is 1. The van der Waals surface area contributed by atoms with Gasteiger partial charge in [0.1, 0.15) is 11.6 Å². The van der Waals surface area contributed by atoms with Crippen LogP contribution in [0.25, 0.3) is 0 Å². The van der Waals surface area contributed by atoms with E-state index in [-0.39, 0.29) is 5.56 Å². The molecule has 0 saturated heterocycles. The molecule has 1 aromatic heterocycles. The van der Waals surface area contributed by atoms with E-state index in [4.69, 9.17) is 0 Å². The molecule has 0 spiro atoms. The first-order valence-corrected chi connectivity index (χ1v) is 7.11. The molecule has 0 radical (unpaired) electrons. The number of hydrogen-bond acceptors (Lipinski definition) is 2. The first-order valence-electron chi connectivity index (χ1n) is 7.11. The Bertz CT molecular complexity index is 635. The van der Waals surface area contributed by atoms with Crippen molar-refractivity contribution < 1.29 is 8.78 Å². The standard InChI is InChI=1S/C16H21F2N3/c1-5-11-8-12(21(4)20-11)9-14(19-3)15-13(17)7-6-10(2)16(15)18/h6-8,14,19H,5,9H2,1-4H3. The second-order valence-corrected chi connectivity index (χ2v) is 5.24. The normalized spacial score (nSPS) is 12.7. The SMILES string of the molecule is CCc1cc(CC(NC)c2c(F)ccc(C)c2F)n(C)n1. The van der Waals surface area contributed by atoms with Crippen LogP contribution in [-0.2, 0) is 19.9 Å². The summed E-state index contributed by atoms with van der Waals surface area (Å²) >= 11 is 0. The number of rotatable bonds is 5. The first-order chi connectivity index (χ1) is 9.97. The number of halogens is 2. The van der Waals surface area contributed by atoms with E-state index in [0.29, 0.717) is 12.0 Å². The molecular weight excluding hydrogens is 272 g/mol. The lowest BCUT2D eigenvalue weighted by Gasteiger charge is -2.19. The van der Waals surface area contributed by atoms with Gasteiger partial charge < -0.3 is 5.32 Å². The van der Waals surface area contributed by atoms with Crippen LogP contribution in [0.15, 0.2) is 18.2 Å². The quantitative estimate of drug-likeness (QED) is 0.918.